The average Bonchev–Trinajstić information content (AvgIpc) is 2.63. The van der Waals surface area contributed by atoms with Gasteiger partial charge in [-0.3, -0.25) is 9.59 Å². The van der Waals surface area contributed by atoms with Crippen molar-refractivity contribution >= 4 is 23.5 Å². The maximum Gasteiger partial charge on any atom is 0.390 e. The highest BCUT2D eigenvalue weighted by Crippen LogP contribution is 2.32. The van der Waals surface area contributed by atoms with Gasteiger partial charge >= 0.3 is 11.9 Å². The third-order valence-corrected chi connectivity index (χ3v) is 3.87. The van der Waals surface area contributed by atoms with Crippen LogP contribution in [0.5, 0.6) is 11.5 Å². The summed E-state index contributed by atoms with van der Waals surface area (Å²) in [5, 5.41) is 19.7. The summed E-state index contributed by atoms with van der Waals surface area (Å²) >= 11 is 0. The lowest BCUT2D eigenvalue weighted by molar-refractivity contribution is -0.187. The van der Waals surface area contributed by atoms with Crippen LogP contribution in [0.25, 0.3) is 0 Å². The van der Waals surface area contributed by atoms with Crippen LogP contribution < -0.4 is 0 Å². The highest BCUT2D eigenvalue weighted by Gasteiger charge is 2.30. The fourth-order valence-corrected chi connectivity index (χ4v) is 2.57. The molecule has 0 saturated carbocycles. The van der Waals surface area contributed by atoms with Gasteiger partial charge < -0.3 is 10.2 Å². The van der Waals surface area contributed by atoms with E-state index in [2.05, 4.69) is 9.78 Å². The van der Waals surface area contributed by atoms with E-state index in [0.717, 1.165) is 6.07 Å². The van der Waals surface area contributed by atoms with Crippen molar-refractivity contribution in [3.05, 3.63) is 58.7 Å². The number of phenolic OH excluding ortho intramolecular Hbond substituents is 2. The van der Waals surface area contributed by atoms with Gasteiger partial charge in [0.05, 0.1) is 5.56 Å². The second kappa shape index (κ2) is 6.67. The molecule has 132 valence electrons. The first-order valence-electron chi connectivity index (χ1n) is 7.53. The van der Waals surface area contributed by atoms with E-state index < -0.39 is 29.0 Å². The van der Waals surface area contributed by atoms with Gasteiger partial charge in [0.25, 0.3) is 0 Å². The second-order valence-corrected chi connectivity index (χ2v) is 5.49. The third kappa shape index (κ3) is 3.00. The Morgan fingerprint density at radius 1 is 0.808 bits per heavy atom. The summed E-state index contributed by atoms with van der Waals surface area (Å²) in [6, 6.07) is 7.79. The molecule has 0 unspecified atom stereocenters. The lowest BCUT2D eigenvalue weighted by Crippen LogP contribution is -2.19. The van der Waals surface area contributed by atoms with E-state index in [1.165, 1.54) is 30.3 Å². The molecule has 1 aliphatic rings. The number of ketones is 2. The monoisotopic (exact) mass is 356 g/mol. The van der Waals surface area contributed by atoms with Crippen LogP contribution in [0.15, 0.2) is 36.4 Å². The molecule has 0 fully saturated rings. The lowest BCUT2D eigenvalue weighted by Gasteiger charge is -2.16. The average molecular weight is 356 g/mol. The first-order valence-corrected chi connectivity index (χ1v) is 7.53. The fourth-order valence-electron chi connectivity index (χ4n) is 2.57. The van der Waals surface area contributed by atoms with Gasteiger partial charge in [-0.15, -0.1) is 0 Å². The summed E-state index contributed by atoms with van der Waals surface area (Å²) in [6.07, 6.45) is -0.0343. The maximum atomic E-state index is 12.0. The van der Waals surface area contributed by atoms with Crippen LogP contribution in [-0.2, 0) is 9.78 Å². The van der Waals surface area contributed by atoms with Crippen molar-refractivity contribution in [2.75, 3.05) is 0 Å². The molecule has 0 bridgehead atoms. The number of fused-ring (bicyclic) bond motifs is 1. The Morgan fingerprint density at radius 3 is 2.12 bits per heavy atom. The van der Waals surface area contributed by atoms with Gasteiger partial charge in [-0.25, -0.2) is 19.4 Å². The Labute approximate surface area is 146 Å². The Hall–Kier alpha value is -3.68. The molecule has 3 rings (SSSR count). The molecule has 2 N–H and O–H groups in total. The van der Waals surface area contributed by atoms with Crippen molar-refractivity contribution in [3.63, 3.8) is 0 Å². The molecular weight excluding hydrogens is 344 g/mol. The molecule has 2 aromatic carbocycles. The summed E-state index contributed by atoms with van der Waals surface area (Å²) in [5.74, 6) is -4.22. The summed E-state index contributed by atoms with van der Waals surface area (Å²) in [5.41, 5.74) is -0.878. The fraction of sp³-hybridized carbons (Fsp3) is 0.111. The number of para-hydroxylation sites is 1. The maximum absolute atomic E-state index is 12.0. The number of carbonyl (C=O) groups is 4. The number of benzene rings is 2. The SMILES string of the molecule is O=C(OOC(=O)c1ccc2c(c1O)C(=O)CCC2=O)c1ccccc1O. The van der Waals surface area contributed by atoms with Crippen molar-refractivity contribution in [1.82, 2.24) is 0 Å². The Bertz CT molecular complexity index is 944. The Balaban J connectivity index is 1.80. The van der Waals surface area contributed by atoms with Crippen molar-refractivity contribution < 1.29 is 39.2 Å². The van der Waals surface area contributed by atoms with Crippen molar-refractivity contribution in [2.24, 2.45) is 0 Å². The van der Waals surface area contributed by atoms with E-state index in [4.69, 9.17) is 0 Å². The van der Waals surface area contributed by atoms with Crippen LogP contribution in [0.2, 0.25) is 0 Å². The molecule has 0 spiro atoms. The smallest absolute Gasteiger partial charge is 0.390 e. The number of aromatic hydroxyl groups is 2. The highest BCUT2D eigenvalue weighted by atomic mass is 17.2. The number of Topliss-reactive ketones (excluding diaryl/α,β-unsaturated/α-hetero) is 2. The number of rotatable bonds is 2. The zero-order valence-electron chi connectivity index (χ0n) is 13.2. The first kappa shape index (κ1) is 17.2. The zero-order valence-corrected chi connectivity index (χ0v) is 13.2. The van der Waals surface area contributed by atoms with Gasteiger partial charge in [0.1, 0.15) is 22.6 Å². The van der Waals surface area contributed by atoms with Crippen LogP contribution in [0.1, 0.15) is 54.3 Å². The normalized spacial score (nSPS) is 13.1. The molecule has 0 amide bonds. The second-order valence-electron chi connectivity index (χ2n) is 5.49. The number of hydrogen-bond donors (Lipinski definition) is 2. The Kier molecular flexibility index (Phi) is 4.40. The summed E-state index contributed by atoms with van der Waals surface area (Å²) in [6.45, 7) is 0. The quantitative estimate of drug-likeness (QED) is 0.619. The lowest BCUT2D eigenvalue weighted by atomic mass is 9.87. The van der Waals surface area contributed by atoms with Gasteiger partial charge in [-0.2, -0.15) is 0 Å². The molecule has 2 aromatic rings. The standard InChI is InChI=1S/C18H12O8/c19-12-4-2-1-3-10(12)17(23)25-26-18(24)11-6-5-9-13(20)7-8-14(21)15(9)16(11)22/h1-6,19,22H,7-8H2. The van der Waals surface area contributed by atoms with E-state index in [9.17, 15) is 29.4 Å². The van der Waals surface area contributed by atoms with Crippen molar-refractivity contribution in [1.29, 1.82) is 0 Å². The van der Waals surface area contributed by atoms with E-state index in [1.54, 1.807) is 0 Å². The van der Waals surface area contributed by atoms with Gasteiger partial charge in [0.2, 0.25) is 0 Å². The molecule has 0 heterocycles. The van der Waals surface area contributed by atoms with E-state index in [1.807, 2.05) is 0 Å². The van der Waals surface area contributed by atoms with Gasteiger partial charge in [0.15, 0.2) is 11.6 Å². The number of phenols is 2. The van der Waals surface area contributed by atoms with Gasteiger partial charge in [0, 0.05) is 18.4 Å². The molecule has 0 aromatic heterocycles. The minimum absolute atomic E-state index is 0.0292. The summed E-state index contributed by atoms with van der Waals surface area (Å²) < 4.78 is 0. The zero-order chi connectivity index (χ0) is 18.8. The highest BCUT2D eigenvalue weighted by molar-refractivity contribution is 6.16. The first-order chi connectivity index (χ1) is 12.4. The van der Waals surface area contributed by atoms with Crippen LogP contribution in [-0.4, -0.2) is 33.7 Å². The largest absolute Gasteiger partial charge is 0.507 e. The van der Waals surface area contributed by atoms with Gasteiger partial charge in [-0.1, -0.05) is 12.1 Å². The number of hydrogen-bond acceptors (Lipinski definition) is 8. The van der Waals surface area contributed by atoms with Gasteiger partial charge in [-0.05, 0) is 24.3 Å². The molecule has 26 heavy (non-hydrogen) atoms. The number of carbonyl (C=O) groups excluding carboxylic acids is 4. The predicted molar refractivity (Wildman–Crippen MR) is 84.9 cm³/mol. The van der Waals surface area contributed by atoms with Crippen molar-refractivity contribution in [3.8, 4) is 11.5 Å². The third-order valence-electron chi connectivity index (χ3n) is 3.87. The summed E-state index contributed by atoms with van der Waals surface area (Å²) in [7, 11) is 0. The van der Waals surface area contributed by atoms with Crippen molar-refractivity contribution in [2.45, 2.75) is 12.8 Å². The molecule has 0 saturated heterocycles. The van der Waals surface area contributed by atoms with Crippen LogP contribution in [0.4, 0.5) is 0 Å². The van der Waals surface area contributed by atoms with E-state index >= 15 is 0 Å². The topological polar surface area (TPSA) is 127 Å². The molecule has 1 aliphatic carbocycles. The molecule has 8 heteroatoms. The summed E-state index contributed by atoms with van der Waals surface area (Å²) in [4.78, 5) is 56.3. The molecule has 0 atom stereocenters. The minimum Gasteiger partial charge on any atom is -0.507 e. The molecular formula is C18H12O8. The Morgan fingerprint density at radius 2 is 1.42 bits per heavy atom. The van der Waals surface area contributed by atoms with E-state index in [0.29, 0.717) is 0 Å². The molecule has 0 aliphatic heterocycles. The van der Waals surface area contributed by atoms with E-state index in [-0.39, 0.29) is 41.1 Å². The minimum atomic E-state index is -1.24. The van der Waals surface area contributed by atoms with Crippen LogP contribution in [0.3, 0.4) is 0 Å². The predicted octanol–water partition coefficient (Wildman–Crippen LogP) is 2.19. The van der Waals surface area contributed by atoms with Crippen LogP contribution in [0, 0.1) is 0 Å². The molecule has 8 nitrogen and oxygen atoms in total. The molecule has 0 radical (unpaired) electrons. The van der Waals surface area contributed by atoms with Crippen LogP contribution >= 0.6 is 0 Å².